The molecule has 0 bridgehead atoms. The standard InChI is InChI=1S/C8H6ClN3O2/c1-14-5-2-6(9)11-4-3-10-12-8(13)7(4)5/h2-3H,1H3,(H,12,13). The first-order valence-corrected chi connectivity index (χ1v) is 4.18. The molecule has 0 fully saturated rings. The van der Waals surface area contributed by atoms with E-state index < -0.39 is 0 Å². The molecule has 2 rings (SSSR count). The van der Waals surface area contributed by atoms with Gasteiger partial charge in [0.2, 0.25) is 0 Å². The van der Waals surface area contributed by atoms with Gasteiger partial charge in [0.05, 0.1) is 13.3 Å². The van der Waals surface area contributed by atoms with Crippen molar-refractivity contribution in [2.75, 3.05) is 7.11 Å². The second-order valence-corrected chi connectivity index (χ2v) is 2.99. The van der Waals surface area contributed by atoms with Crippen LogP contribution in [0.5, 0.6) is 5.75 Å². The summed E-state index contributed by atoms with van der Waals surface area (Å²) in [6.07, 6.45) is 1.42. The number of methoxy groups -OCH3 is 1. The average Bonchev–Trinajstić information content (AvgIpc) is 2.16. The first-order valence-electron chi connectivity index (χ1n) is 3.80. The molecule has 0 atom stereocenters. The molecule has 6 heteroatoms. The zero-order valence-electron chi connectivity index (χ0n) is 7.24. The van der Waals surface area contributed by atoms with Gasteiger partial charge in [0.15, 0.2) is 0 Å². The van der Waals surface area contributed by atoms with Gasteiger partial charge in [-0.05, 0) is 0 Å². The van der Waals surface area contributed by atoms with Gasteiger partial charge in [-0.2, -0.15) is 5.10 Å². The largest absolute Gasteiger partial charge is 0.496 e. The predicted octanol–water partition coefficient (Wildman–Crippen LogP) is 0.980. The fourth-order valence-corrected chi connectivity index (χ4v) is 1.39. The van der Waals surface area contributed by atoms with E-state index in [1.165, 1.54) is 19.4 Å². The van der Waals surface area contributed by atoms with Gasteiger partial charge in [-0.1, -0.05) is 11.6 Å². The Morgan fingerprint density at radius 2 is 2.36 bits per heavy atom. The lowest BCUT2D eigenvalue weighted by molar-refractivity contribution is 0.419. The summed E-state index contributed by atoms with van der Waals surface area (Å²) >= 11 is 5.72. The third-order valence-electron chi connectivity index (χ3n) is 1.78. The minimum Gasteiger partial charge on any atom is -0.496 e. The molecule has 5 nitrogen and oxygen atoms in total. The molecule has 72 valence electrons. The maximum absolute atomic E-state index is 11.4. The van der Waals surface area contributed by atoms with Crippen molar-refractivity contribution in [3.63, 3.8) is 0 Å². The van der Waals surface area contributed by atoms with Crippen molar-refractivity contribution in [1.82, 2.24) is 15.2 Å². The first-order chi connectivity index (χ1) is 6.72. The van der Waals surface area contributed by atoms with Gasteiger partial charge in [0.25, 0.3) is 5.56 Å². The van der Waals surface area contributed by atoms with Gasteiger partial charge in [0.1, 0.15) is 21.8 Å². The summed E-state index contributed by atoms with van der Waals surface area (Å²) in [5, 5.41) is 6.53. The zero-order chi connectivity index (χ0) is 10.1. The lowest BCUT2D eigenvalue weighted by atomic mass is 10.3. The number of halogens is 1. The van der Waals surface area contributed by atoms with Gasteiger partial charge in [-0.25, -0.2) is 10.1 Å². The third-order valence-corrected chi connectivity index (χ3v) is 1.97. The Hall–Kier alpha value is -1.62. The second kappa shape index (κ2) is 3.26. The number of aromatic amines is 1. The molecule has 2 aromatic rings. The Morgan fingerprint density at radius 3 is 3.07 bits per heavy atom. The summed E-state index contributed by atoms with van der Waals surface area (Å²) in [6.45, 7) is 0. The van der Waals surface area contributed by atoms with Crippen LogP contribution in [0.3, 0.4) is 0 Å². The molecule has 0 saturated heterocycles. The highest BCUT2D eigenvalue weighted by Gasteiger charge is 2.08. The maximum Gasteiger partial charge on any atom is 0.277 e. The molecular weight excluding hydrogens is 206 g/mol. The summed E-state index contributed by atoms with van der Waals surface area (Å²) < 4.78 is 5.02. The lowest BCUT2D eigenvalue weighted by Gasteiger charge is -2.03. The van der Waals surface area contributed by atoms with E-state index in [4.69, 9.17) is 16.3 Å². The Morgan fingerprint density at radius 1 is 1.57 bits per heavy atom. The van der Waals surface area contributed by atoms with Crippen LogP contribution in [-0.4, -0.2) is 22.3 Å². The summed E-state index contributed by atoms with van der Waals surface area (Å²) in [7, 11) is 1.46. The van der Waals surface area contributed by atoms with Crippen molar-refractivity contribution in [3.8, 4) is 5.75 Å². The molecule has 0 aliphatic rings. The monoisotopic (exact) mass is 211 g/mol. The Labute approximate surface area is 83.7 Å². The van der Waals surface area contributed by atoms with Crippen molar-refractivity contribution in [2.24, 2.45) is 0 Å². The average molecular weight is 212 g/mol. The van der Waals surface area contributed by atoms with Crippen LogP contribution in [0, 0.1) is 0 Å². The number of fused-ring (bicyclic) bond motifs is 1. The van der Waals surface area contributed by atoms with E-state index in [0.29, 0.717) is 16.7 Å². The molecule has 0 unspecified atom stereocenters. The van der Waals surface area contributed by atoms with Crippen LogP contribution in [0.15, 0.2) is 17.1 Å². The number of hydrogen-bond donors (Lipinski definition) is 1. The van der Waals surface area contributed by atoms with Crippen LogP contribution in [0.2, 0.25) is 5.15 Å². The molecule has 0 radical (unpaired) electrons. The van der Waals surface area contributed by atoms with Gasteiger partial charge >= 0.3 is 0 Å². The summed E-state index contributed by atoms with van der Waals surface area (Å²) in [5.41, 5.74) is 0.0709. The number of ether oxygens (including phenoxy) is 1. The Bertz CT molecular complexity index is 538. The number of rotatable bonds is 1. The minimum atomic E-state index is -0.344. The molecular formula is C8H6ClN3O2. The van der Waals surface area contributed by atoms with Crippen molar-refractivity contribution in [1.29, 1.82) is 0 Å². The number of nitrogens with zero attached hydrogens (tertiary/aromatic N) is 2. The Kier molecular flexibility index (Phi) is 2.09. The van der Waals surface area contributed by atoms with Crippen LogP contribution in [-0.2, 0) is 0 Å². The topological polar surface area (TPSA) is 67.9 Å². The SMILES string of the molecule is COc1cc(Cl)nc2cn[nH]c(=O)c12. The third kappa shape index (κ3) is 1.31. The van der Waals surface area contributed by atoms with Gasteiger partial charge in [-0.3, -0.25) is 4.79 Å². The van der Waals surface area contributed by atoms with Crippen molar-refractivity contribution in [3.05, 3.63) is 27.8 Å². The quantitative estimate of drug-likeness (QED) is 0.714. The Balaban J connectivity index is 2.96. The van der Waals surface area contributed by atoms with E-state index in [9.17, 15) is 4.79 Å². The fraction of sp³-hybridized carbons (Fsp3) is 0.125. The van der Waals surface area contributed by atoms with Crippen molar-refractivity contribution >= 4 is 22.5 Å². The van der Waals surface area contributed by atoms with Crippen LogP contribution in [0.4, 0.5) is 0 Å². The van der Waals surface area contributed by atoms with E-state index in [-0.39, 0.29) is 10.7 Å². The second-order valence-electron chi connectivity index (χ2n) is 2.61. The molecule has 14 heavy (non-hydrogen) atoms. The van der Waals surface area contributed by atoms with E-state index in [1.54, 1.807) is 0 Å². The molecule has 1 N–H and O–H groups in total. The highest BCUT2D eigenvalue weighted by atomic mass is 35.5. The van der Waals surface area contributed by atoms with Crippen LogP contribution in [0.1, 0.15) is 0 Å². The maximum atomic E-state index is 11.4. The van der Waals surface area contributed by atoms with E-state index in [0.717, 1.165) is 0 Å². The number of pyridine rings is 1. The molecule has 0 spiro atoms. The zero-order valence-corrected chi connectivity index (χ0v) is 8.00. The number of hydrogen-bond acceptors (Lipinski definition) is 4. The first kappa shape index (κ1) is 8.96. The number of H-pyrrole nitrogens is 1. The van der Waals surface area contributed by atoms with Gasteiger partial charge in [-0.15, -0.1) is 0 Å². The lowest BCUT2D eigenvalue weighted by Crippen LogP contribution is -2.09. The molecule has 0 amide bonds. The number of aromatic nitrogens is 3. The highest BCUT2D eigenvalue weighted by Crippen LogP contribution is 2.23. The van der Waals surface area contributed by atoms with E-state index in [2.05, 4.69) is 15.2 Å². The molecule has 2 aromatic heterocycles. The molecule has 0 aliphatic heterocycles. The van der Waals surface area contributed by atoms with Gasteiger partial charge < -0.3 is 4.74 Å². The normalized spacial score (nSPS) is 10.4. The molecule has 0 aromatic carbocycles. The van der Waals surface area contributed by atoms with Crippen LogP contribution in [0.25, 0.3) is 10.9 Å². The van der Waals surface area contributed by atoms with Crippen LogP contribution < -0.4 is 10.3 Å². The minimum absolute atomic E-state index is 0.266. The van der Waals surface area contributed by atoms with Crippen molar-refractivity contribution in [2.45, 2.75) is 0 Å². The molecule has 0 aliphatic carbocycles. The summed E-state index contributed by atoms with van der Waals surface area (Å²) in [6, 6.07) is 1.49. The van der Waals surface area contributed by atoms with Crippen molar-refractivity contribution < 1.29 is 4.74 Å². The fourth-order valence-electron chi connectivity index (χ4n) is 1.20. The predicted molar refractivity (Wildman–Crippen MR) is 51.7 cm³/mol. The summed E-state index contributed by atoms with van der Waals surface area (Å²) in [4.78, 5) is 15.3. The molecule has 2 heterocycles. The number of nitrogens with one attached hydrogen (secondary N) is 1. The van der Waals surface area contributed by atoms with Crippen LogP contribution >= 0.6 is 11.6 Å². The summed E-state index contributed by atoms with van der Waals surface area (Å²) in [5.74, 6) is 0.392. The van der Waals surface area contributed by atoms with Gasteiger partial charge in [0, 0.05) is 6.07 Å². The highest BCUT2D eigenvalue weighted by molar-refractivity contribution is 6.30. The van der Waals surface area contributed by atoms with E-state index >= 15 is 0 Å². The van der Waals surface area contributed by atoms with E-state index in [1.807, 2.05) is 0 Å². The molecule has 0 saturated carbocycles. The smallest absolute Gasteiger partial charge is 0.277 e.